The number of methoxy groups -OCH3 is 1. The molecule has 2 rings (SSSR count). The van der Waals surface area contributed by atoms with Crippen molar-refractivity contribution in [3.05, 3.63) is 18.2 Å². The van der Waals surface area contributed by atoms with Crippen LogP contribution in [0.5, 0.6) is 5.75 Å². The Bertz CT molecular complexity index is 669. The molecule has 0 bridgehead atoms. The molecule has 1 aliphatic heterocycles. The molecule has 98 valence electrons. The average molecular weight is 480 g/mol. The molecule has 1 heterocycles. The maximum Gasteiger partial charge on any atom is 0.251 e. The van der Waals surface area contributed by atoms with E-state index in [9.17, 15) is 8.42 Å². The van der Waals surface area contributed by atoms with E-state index in [0.29, 0.717) is 21.4 Å². The van der Waals surface area contributed by atoms with E-state index in [0.717, 1.165) is 0 Å². The SMILES string of the molecule is COc1ccc2c(c1)S(=S(=O)=O)C(C(Br)(Br)Br)=N2. The third-order valence-corrected chi connectivity index (χ3v) is 7.63. The number of halogens is 3. The Morgan fingerprint density at radius 1 is 1.33 bits per heavy atom. The number of aliphatic imine (C=N–C) groups is 1. The zero-order valence-corrected chi connectivity index (χ0v) is 15.2. The highest BCUT2D eigenvalue weighted by atomic mass is 80.0. The van der Waals surface area contributed by atoms with Crippen molar-refractivity contribution < 1.29 is 13.2 Å². The number of rotatable bonds is 1. The molecule has 0 aromatic heterocycles. The number of benzene rings is 1. The summed E-state index contributed by atoms with van der Waals surface area (Å²) >= 11 is 9.94. The van der Waals surface area contributed by atoms with Gasteiger partial charge in [-0.25, -0.2) is 4.99 Å². The summed E-state index contributed by atoms with van der Waals surface area (Å²) < 4.78 is 27.2. The van der Waals surface area contributed by atoms with Gasteiger partial charge in [0.1, 0.15) is 10.8 Å². The quantitative estimate of drug-likeness (QED) is 0.580. The van der Waals surface area contributed by atoms with Gasteiger partial charge in [0.05, 0.1) is 17.7 Å². The first kappa shape index (κ1) is 14.7. The summed E-state index contributed by atoms with van der Waals surface area (Å²) in [5, 5.41) is 0.457. The molecule has 0 amide bonds. The van der Waals surface area contributed by atoms with Crippen LogP contribution in [0.25, 0.3) is 0 Å². The van der Waals surface area contributed by atoms with Gasteiger partial charge in [-0.05, 0) is 18.2 Å². The van der Waals surface area contributed by atoms with Crippen LogP contribution >= 0.6 is 47.8 Å². The van der Waals surface area contributed by atoms with Crippen molar-refractivity contribution in [3.63, 3.8) is 0 Å². The molecule has 0 fully saturated rings. The molecule has 9 heteroatoms. The van der Waals surface area contributed by atoms with Crippen LogP contribution in [0, 0.1) is 0 Å². The highest BCUT2D eigenvalue weighted by Gasteiger charge is 2.36. The standard InChI is InChI=1S/C9H6Br3NO3S2/c1-16-5-2-3-6-7(4-5)17(18(14)15)8(13-6)9(10,11)12/h2-4H,1H3. The van der Waals surface area contributed by atoms with Crippen molar-refractivity contribution in [2.45, 2.75) is 7.04 Å². The number of hydrogen-bond acceptors (Lipinski definition) is 4. The van der Waals surface area contributed by atoms with Gasteiger partial charge in [0.15, 0.2) is 2.14 Å². The van der Waals surface area contributed by atoms with Gasteiger partial charge in [0.2, 0.25) is 0 Å². The molecule has 0 N–H and O–H groups in total. The lowest BCUT2D eigenvalue weighted by atomic mass is 10.3. The molecule has 0 saturated heterocycles. The maximum absolute atomic E-state index is 11.4. The normalized spacial score (nSPS) is 18.2. The van der Waals surface area contributed by atoms with Crippen molar-refractivity contribution in [1.82, 2.24) is 0 Å². The second kappa shape index (κ2) is 5.35. The van der Waals surface area contributed by atoms with Gasteiger partial charge < -0.3 is 4.74 Å². The predicted molar refractivity (Wildman–Crippen MR) is 84.2 cm³/mol. The molecule has 0 saturated carbocycles. The lowest BCUT2D eigenvalue weighted by Gasteiger charge is -2.11. The fourth-order valence-corrected chi connectivity index (χ4v) is 7.23. The fourth-order valence-electron chi connectivity index (χ4n) is 1.42. The molecule has 0 aliphatic carbocycles. The van der Waals surface area contributed by atoms with E-state index in [-0.39, 0.29) is 0 Å². The summed E-state index contributed by atoms with van der Waals surface area (Å²) in [6, 6.07) is 5.19. The van der Waals surface area contributed by atoms with Gasteiger partial charge in [0, 0.05) is 9.45 Å². The van der Waals surface area contributed by atoms with Crippen LogP contribution in [0.4, 0.5) is 5.69 Å². The first-order chi connectivity index (χ1) is 8.34. The number of hydrogen-bond donors (Lipinski definition) is 0. The van der Waals surface area contributed by atoms with E-state index < -0.39 is 20.9 Å². The average Bonchev–Trinajstić information content (AvgIpc) is 2.66. The van der Waals surface area contributed by atoms with Crippen molar-refractivity contribution >= 4 is 77.2 Å². The van der Waals surface area contributed by atoms with Gasteiger partial charge in [-0.2, -0.15) is 8.42 Å². The number of fused-ring (bicyclic) bond motifs is 1. The predicted octanol–water partition coefficient (Wildman–Crippen LogP) is 3.35. The fraction of sp³-hybridized carbons (Fsp3) is 0.222. The summed E-state index contributed by atoms with van der Waals surface area (Å²) in [6.45, 7) is 0. The second-order valence-electron chi connectivity index (χ2n) is 3.22. The second-order valence-corrected chi connectivity index (χ2v) is 13.6. The molecule has 4 nitrogen and oxygen atoms in total. The Hall–Kier alpha value is 0.300. The summed E-state index contributed by atoms with van der Waals surface area (Å²) in [5.74, 6) is 0.609. The molecule has 18 heavy (non-hydrogen) atoms. The molecule has 1 aromatic carbocycles. The summed E-state index contributed by atoms with van der Waals surface area (Å²) in [7, 11) is -1.88. The van der Waals surface area contributed by atoms with Crippen molar-refractivity contribution in [3.8, 4) is 5.75 Å². The summed E-state index contributed by atoms with van der Waals surface area (Å²) in [4.78, 5) is 4.98. The molecule has 1 atom stereocenters. The molecule has 1 unspecified atom stereocenters. The molecule has 0 radical (unpaired) electrons. The highest BCUT2D eigenvalue weighted by Crippen LogP contribution is 2.44. The van der Waals surface area contributed by atoms with Crippen LogP contribution in [0.1, 0.15) is 0 Å². The van der Waals surface area contributed by atoms with Crippen molar-refractivity contribution in [1.29, 1.82) is 0 Å². The van der Waals surface area contributed by atoms with Gasteiger partial charge in [-0.3, -0.25) is 0 Å². The molecule has 1 aliphatic rings. The van der Waals surface area contributed by atoms with Crippen molar-refractivity contribution in [2.24, 2.45) is 4.99 Å². The molecular formula is C9H6Br3NO3S2. The van der Waals surface area contributed by atoms with Gasteiger partial charge in [0.25, 0.3) is 9.26 Å². The smallest absolute Gasteiger partial charge is 0.251 e. The minimum absolute atomic E-state index is 0.457. The summed E-state index contributed by atoms with van der Waals surface area (Å²) in [5.41, 5.74) is 0.640. The third kappa shape index (κ3) is 2.74. The highest BCUT2D eigenvalue weighted by molar-refractivity contribution is 9.40. The summed E-state index contributed by atoms with van der Waals surface area (Å²) in [6.07, 6.45) is 0. The Kier molecular flexibility index (Phi) is 4.37. The van der Waals surface area contributed by atoms with E-state index in [4.69, 9.17) is 4.74 Å². The lowest BCUT2D eigenvalue weighted by molar-refractivity contribution is 0.414. The minimum atomic E-state index is -2.29. The third-order valence-electron chi connectivity index (χ3n) is 2.14. The number of ether oxygens (including phenoxy) is 1. The largest absolute Gasteiger partial charge is 0.497 e. The van der Waals surface area contributed by atoms with Gasteiger partial charge in [-0.15, -0.1) is 0 Å². The first-order valence-corrected chi connectivity index (χ1v) is 9.72. The zero-order chi connectivity index (χ0) is 13.5. The van der Waals surface area contributed by atoms with Gasteiger partial charge in [-0.1, -0.05) is 47.8 Å². The Morgan fingerprint density at radius 3 is 2.50 bits per heavy atom. The topological polar surface area (TPSA) is 55.7 Å². The van der Waals surface area contributed by atoms with Crippen LogP contribution < -0.4 is 4.74 Å². The zero-order valence-electron chi connectivity index (χ0n) is 8.85. The molecule has 1 aromatic rings. The van der Waals surface area contributed by atoms with E-state index in [2.05, 4.69) is 52.8 Å². The van der Waals surface area contributed by atoms with Crippen LogP contribution in [0.15, 0.2) is 28.1 Å². The van der Waals surface area contributed by atoms with Crippen LogP contribution in [0.2, 0.25) is 0 Å². The molecular weight excluding hydrogens is 474 g/mol. The molecule has 0 spiro atoms. The lowest BCUT2D eigenvalue weighted by Crippen LogP contribution is -2.20. The van der Waals surface area contributed by atoms with Crippen LogP contribution in [-0.2, 0) is 18.7 Å². The van der Waals surface area contributed by atoms with E-state index in [1.165, 1.54) is 7.11 Å². The van der Waals surface area contributed by atoms with Crippen LogP contribution in [-0.4, -0.2) is 22.7 Å². The van der Waals surface area contributed by atoms with Crippen LogP contribution in [0.3, 0.4) is 0 Å². The Labute approximate surface area is 132 Å². The number of nitrogens with zero attached hydrogens (tertiary/aromatic N) is 1. The minimum Gasteiger partial charge on any atom is -0.497 e. The maximum atomic E-state index is 11.4. The number of alkyl halides is 3. The van der Waals surface area contributed by atoms with Crippen molar-refractivity contribution in [2.75, 3.05) is 7.11 Å². The van der Waals surface area contributed by atoms with E-state index >= 15 is 0 Å². The van der Waals surface area contributed by atoms with E-state index in [1.54, 1.807) is 18.2 Å². The Balaban J connectivity index is 2.72. The van der Waals surface area contributed by atoms with Gasteiger partial charge >= 0.3 is 0 Å². The van der Waals surface area contributed by atoms with E-state index in [1.807, 2.05) is 0 Å². The Morgan fingerprint density at radius 2 is 2.00 bits per heavy atom. The monoisotopic (exact) mass is 477 g/mol. The first-order valence-electron chi connectivity index (χ1n) is 4.52.